The molecule has 0 heterocycles. The zero-order valence-corrected chi connectivity index (χ0v) is 7.79. The first-order valence-electron chi connectivity index (χ1n) is 4.12. The Kier molecular flexibility index (Phi) is 3.03. The standard InChI is InChI=1S/C10H13NO2/c1-7-4-3-5-10(9(7)6-12)11-8(2)13/h3-5,12H,6H2,1-2H3,(H,11,13). The van der Waals surface area contributed by atoms with E-state index in [9.17, 15) is 4.79 Å². The van der Waals surface area contributed by atoms with E-state index in [2.05, 4.69) is 5.32 Å². The summed E-state index contributed by atoms with van der Waals surface area (Å²) in [4.78, 5) is 10.8. The van der Waals surface area contributed by atoms with Crippen molar-refractivity contribution in [2.24, 2.45) is 0 Å². The number of aliphatic hydroxyl groups is 1. The van der Waals surface area contributed by atoms with Crippen LogP contribution in [0.1, 0.15) is 18.1 Å². The Morgan fingerprint density at radius 1 is 1.54 bits per heavy atom. The minimum atomic E-state index is -0.125. The van der Waals surface area contributed by atoms with Crippen molar-refractivity contribution < 1.29 is 9.90 Å². The van der Waals surface area contributed by atoms with Crippen molar-refractivity contribution >= 4 is 11.6 Å². The summed E-state index contributed by atoms with van der Waals surface area (Å²) in [6, 6.07) is 5.52. The molecule has 2 N–H and O–H groups in total. The van der Waals surface area contributed by atoms with Crippen molar-refractivity contribution in [2.45, 2.75) is 20.5 Å². The van der Waals surface area contributed by atoms with Gasteiger partial charge in [0.1, 0.15) is 0 Å². The van der Waals surface area contributed by atoms with E-state index < -0.39 is 0 Å². The topological polar surface area (TPSA) is 49.3 Å². The van der Waals surface area contributed by atoms with E-state index in [1.807, 2.05) is 19.1 Å². The van der Waals surface area contributed by atoms with Gasteiger partial charge in [0, 0.05) is 18.2 Å². The van der Waals surface area contributed by atoms with Gasteiger partial charge in [-0.05, 0) is 18.6 Å². The molecule has 0 saturated heterocycles. The molecule has 70 valence electrons. The first-order chi connectivity index (χ1) is 6.15. The van der Waals surface area contributed by atoms with Gasteiger partial charge in [-0.25, -0.2) is 0 Å². The van der Waals surface area contributed by atoms with E-state index in [1.165, 1.54) is 6.92 Å². The number of nitrogens with one attached hydrogen (secondary N) is 1. The molecule has 1 aromatic rings. The largest absolute Gasteiger partial charge is 0.392 e. The van der Waals surface area contributed by atoms with Gasteiger partial charge < -0.3 is 10.4 Å². The molecule has 3 heteroatoms. The van der Waals surface area contributed by atoms with Crippen molar-refractivity contribution in [1.29, 1.82) is 0 Å². The van der Waals surface area contributed by atoms with Gasteiger partial charge in [0.2, 0.25) is 5.91 Å². The van der Waals surface area contributed by atoms with Crippen LogP contribution < -0.4 is 5.32 Å². The number of aryl methyl sites for hydroxylation is 1. The predicted molar refractivity (Wildman–Crippen MR) is 51.4 cm³/mol. The summed E-state index contributed by atoms with van der Waals surface area (Å²) >= 11 is 0. The number of hydrogen-bond donors (Lipinski definition) is 2. The lowest BCUT2D eigenvalue weighted by atomic mass is 10.1. The highest BCUT2D eigenvalue weighted by molar-refractivity contribution is 5.89. The van der Waals surface area contributed by atoms with Crippen LogP contribution in [-0.2, 0) is 11.4 Å². The second-order valence-electron chi connectivity index (χ2n) is 2.94. The van der Waals surface area contributed by atoms with Gasteiger partial charge in [-0.15, -0.1) is 0 Å². The van der Waals surface area contributed by atoms with Crippen molar-refractivity contribution in [3.8, 4) is 0 Å². The van der Waals surface area contributed by atoms with Crippen LogP contribution in [0.25, 0.3) is 0 Å². The number of aliphatic hydroxyl groups excluding tert-OH is 1. The Balaban J connectivity index is 3.05. The number of benzene rings is 1. The molecule has 0 aliphatic rings. The number of rotatable bonds is 2. The Bertz CT molecular complexity index is 321. The first kappa shape index (κ1) is 9.74. The molecule has 0 atom stereocenters. The van der Waals surface area contributed by atoms with Crippen LogP contribution in [0.4, 0.5) is 5.69 Å². The first-order valence-corrected chi connectivity index (χ1v) is 4.12. The molecule has 0 aliphatic heterocycles. The maximum Gasteiger partial charge on any atom is 0.221 e. The second-order valence-corrected chi connectivity index (χ2v) is 2.94. The molecule has 1 aromatic carbocycles. The fourth-order valence-corrected chi connectivity index (χ4v) is 1.22. The van der Waals surface area contributed by atoms with Gasteiger partial charge in [-0.2, -0.15) is 0 Å². The minimum Gasteiger partial charge on any atom is -0.392 e. The zero-order chi connectivity index (χ0) is 9.84. The molecule has 0 aromatic heterocycles. The Hall–Kier alpha value is -1.35. The molecule has 3 nitrogen and oxygen atoms in total. The lowest BCUT2D eigenvalue weighted by Gasteiger charge is -2.09. The lowest BCUT2D eigenvalue weighted by Crippen LogP contribution is -2.08. The van der Waals surface area contributed by atoms with Crippen LogP contribution >= 0.6 is 0 Å². The van der Waals surface area contributed by atoms with Crippen LogP contribution in [0, 0.1) is 6.92 Å². The Morgan fingerprint density at radius 3 is 2.77 bits per heavy atom. The monoisotopic (exact) mass is 179 g/mol. The fraction of sp³-hybridized carbons (Fsp3) is 0.300. The summed E-state index contributed by atoms with van der Waals surface area (Å²) in [5, 5.41) is 11.7. The van der Waals surface area contributed by atoms with Gasteiger partial charge in [0.15, 0.2) is 0 Å². The fourth-order valence-electron chi connectivity index (χ4n) is 1.22. The summed E-state index contributed by atoms with van der Waals surface area (Å²) < 4.78 is 0. The highest BCUT2D eigenvalue weighted by Crippen LogP contribution is 2.19. The molecule has 0 bridgehead atoms. The number of carbonyl (C=O) groups is 1. The lowest BCUT2D eigenvalue weighted by molar-refractivity contribution is -0.114. The minimum absolute atomic E-state index is 0.0533. The third-order valence-corrected chi connectivity index (χ3v) is 1.88. The average molecular weight is 179 g/mol. The molecule has 0 radical (unpaired) electrons. The van der Waals surface area contributed by atoms with Crippen LogP contribution in [0.2, 0.25) is 0 Å². The molecule has 0 unspecified atom stereocenters. The van der Waals surface area contributed by atoms with Gasteiger partial charge in [0.05, 0.1) is 6.61 Å². The maximum absolute atomic E-state index is 10.8. The number of carbonyl (C=O) groups excluding carboxylic acids is 1. The van der Waals surface area contributed by atoms with Crippen LogP contribution in [-0.4, -0.2) is 11.0 Å². The highest BCUT2D eigenvalue weighted by Gasteiger charge is 2.04. The molecule has 0 saturated carbocycles. The van der Waals surface area contributed by atoms with Gasteiger partial charge in [-0.3, -0.25) is 4.79 Å². The molecular weight excluding hydrogens is 166 g/mol. The van der Waals surface area contributed by atoms with Gasteiger partial charge in [-0.1, -0.05) is 12.1 Å². The summed E-state index contributed by atoms with van der Waals surface area (Å²) in [6.07, 6.45) is 0. The van der Waals surface area contributed by atoms with E-state index in [0.29, 0.717) is 5.69 Å². The van der Waals surface area contributed by atoms with Gasteiger partial charge >= 0.3 is 0 Å². The average Bonchev–Trinajstić information content (AvgIpc) is 2.03. The van der Waals surface area contributed by atoms with Crippen molar-refractivity contribution in [3.63, 3.8) is 0 Å². The van der Waals surface area contributed by atoms with Gasteiger partial charge in [0.25, 0.3) is 0 Å². The molecule has 0 aliphatic carbocycles. The van der Waals surface area contributed by atoms with E-state index >= 15 is 0 Å². The van der Waals surface area contributed by atoms with E-state index in [-0.39, 0.29) is 12.5 Å². The summed E-state index contributed by atoms with van der Waals surface area (Å²) in [6.45, 7) is 3.29. The second kappa shape index (κ2) is 4.05. The van der Waals surface area contributed by atoms with E-state index in [0.717, 1.165) is 11.1 Å². The van der Waals surface area contributed by atoms with E-state index in [4.69, 9.17) is 5.11 Å². The maximum atomic E-state index is 10.8. The van der Waals surface area contributed by atoms with Crippen LogP contribution in [0.5, 0.6) is 0 Å². The molecule has 0 fully saturated rings. The van der Waals surface area contributed by atoms with Crippen molar-refractivity contribution in [2.75, 3.05) is 5.32 Å². The summed E-state index contributed by atoms with van der Waals surface area (Å²) in [7, 11) is 0. The Morgan fingerprint density at radius 2 is 2.23 bits per heavy atom. The molecule has 0 spiro atoms. The highest BCUT2D eigenvalue weighted by atomic mass is 16.3. The molecule has 13 heavy (non-hydrogen) atoms. The smallest absolute Gasteiger partial charge is 0.221 e. The SMILES string of the molecule is CC(=O)Nc1cccc(C)c1CO. The Labute approximate surface area is 77.4 Å². The van der Waals surface area contributed by atoms with Crippen LogP contribution in [0.15, 0.2) is 18.2 Å². The molecule has 1 amide bonds. The third-order valence-electron chi connectivity index (χ3n) is 1.88. The van der Waals surface area contributed by atoms with Crippen molar-refractivity contribution in [3.05, 3.63) is 29.3 Å². The number of amides is 1. The third kappa shape index (κ3) is 2.29. The summed E-state index contributed by atoms with van der Waals surface area (Å²) in [5.74, 6) is -0.125. The van der Waals surface area contributed by atoms with Crippen molar-refractivity contribution in [1.82, 2.24) is 0 Å². The quantitative estimate of drug-likeness (QED) is 0.721. The zero-order valence-electron chi connectivity index (χ0n) is 7.79. The summed E-state index contributed by atoms with van der Waals surface area (Å²) in [5.41, 5.74) is 2.45. The number of hydrogen-bond acceptors (Lipinski definition) is 2. The molecular formula is C10H13NO2. The predicted octanol–water partition coefficient (Wildman–Crippen LogP) is 1.45. The normalized spacial score (nSPS) is 9.77. The van der Waals surface area contributed by atoms with E-state index in [1.54, 1.807) is 6.07 Å². The number of anilines is 1. The van der Waals surface area contributed by atoms with Crippen LogP contribution in [0.3, 0.4) is 0 Å². The molecule has 1 rings (SSSR count).